The van der Waals surface area contributed by atoms with E-state index in [1.54, 1.807) is 11.8 Å². The van der Waals surface area contributed by atoms with Crippen molar-refractivity contribution in [3.8, 4) is 0 Å². The number of benzene rings is 2. The lowest BCUT2D eigenvalue weighted by Crippen LogP contribution is -2.36. The summed E-state index contributed by atoms with van der Waals surface area (Å²) in [5, 5.41) is 12.7. The van der Waals surface area contributed by atoms with Crippen molar-refractivity contribution in [2.75, 3.05) is 18.8 Å². The average Bonchev–Trinajstić information content (AvgIpc) is 3.26. The summed E-state index contributed by atoms with van der Waals surface area (Å²) in [5.41, 5.74) is 1.29. The number of carbonyl (C=O) groups is 1. The summed E-state index contributed by atoms with van der Waals surface area (Å²) < 4.78 is 2.37. The summed E-state index contributed by atoms with van der Waals surface area (Å²) in [5.74, 6) is 1.73. The van der Waals surface area contributed by atoms with Crippen LogP contribution >= 0.6 is 11.8 Å². The van der Waals surface area contributed by atoms with Crippen LogP contribution in [0, 0.1) is 0 Å². The van der Waals surface area contributed by atoms with Crippen LogP contribution in [0.3, 0.4) is 0 Å². The summed E-state index contributed by atoms with van der Waals surface area (Å²) in [6, 6.07) is 15.5. The van der Waals surface area contributed by atoms with E-state index in [1.165, 1.54) is 54.9 Å². The third-order valence-electron chi connectivity index (χ3n) is 6.94. The van der Waals surface area contributed by atoms with Crippen molar-refractivity contribution in [2.45, 2.75) is 69.0 Å². The highest BCUT2D eigenvalue weighted by Gasteiger charge is 2.25. The minimum atomic E-state index is 0.239. The molecule has 6 heteroatoms. The first-order chi connectivity index (χ1) is 15.8. The van der Waals surface area contributed by atoms with E-state index in [4.69, 9.17) is 0 Å². The number of carbonyl (C=O) groups excluding carboxylic acids is 1. The molecule has 0 radical (unpaired) electrons. The quantitative estimate of drug-likeness (QED) is 0.459. The molecule has 5 rings (SSSR count). The van der Waals surface area contributed by atoms with Crippen LogP contribution in [0.1, 0.15) is 68.8 Å². The molecule has 32 heavy (non-hydrogen) atoms. The number of likely N-dealkylation sites (tertiary alicyclic amines) is 1. The maximum atomic E-state index is 12.8. The largest absolute Gasteiger partial charge is 0.342 e. The summed E-state index contributed by atoms with van der Waals surface area (Å²) in [6.07, 6.45) is 10.4. The summed E-state index contributed by atoms with van der Waals surface area (Å²) in [6.45, 7) is 1.81. The monoisotopic (exact) mass is 448 g/mol. The summed E-state index contributed by atoms with van der Waals surface area (Å²) in [4.78, 5) is 14.8. The van der Waals surface area contributed by atoms with Crippen LogP contribution in [0.5, 0.6) is 0 Å². The van der Waals surface area contributed by atoms with E-state index in [2.05, 4.69) is 57.2 Å². The average molecular weight is 449 g/mol. The molecule has 1 amide bonds. The Labute approximate surface area is 194 Å². The Morgan fingerprint density at radius 1 is 0.906 bits per heavy atom. The van der Waals surface area contributed by atoms with E-state index >= 15 is 0 Å². The highest BCUT2D eigenvalue weighted by atomic mass is 32.2. The third kappa shape index (κ3) is 4.70. The number of fused-ring (bicyclic) bond motifs is 1. The number of hydrogen-bond acceptors (Lipinski definition) is 4. The second-order valence-electron chi connectivity index (χ2n) is 9.11. The topological polar surface area (TPSA) is 51.0 Å². The minimum Gasteiger partial charge on any atom is -0.342 e. The van der Waals surface area contributed by atoms with Gasteiger partial charge in [0.25, 0.3) is 0 Å². The van der Waals surface area contributed by atoms with Crippen LogP contribution in [0.4, 0.5) is 0 Å². The first-order valence-corrected chi connectivity index (χ1v) is 13.1. The first-order valence-electron chi connectivity index (χ1n) is 12.1. The van der Waals surface area contributed by atoms with Crippen molar-refractivity contribution in [3.05, 3.63) is 53.9 Å². The molecule has 2 aliphatic rings. The van der Waals surface area contributed by atoms with E-state index in [0.29, 0.717) is 11.8 Å². The fourth-order valence-electron chi connectivity index (χ4n) is 5.21. The van der Waals surface area contributed by atoms with E-state index in [9.17, 15) is 4.79 Å². The molecule has 0 atom stereocenters. The van der Waals surface area contributed by atoms with E-state index in [1.807, 2.05) is 4.90 Å². The maximum absolute atomic E-state index is 12.8. The van der Waals surface area contributed by atoms with Crippen LogP contribution in [-0.2, 0) is 11.2 Å². The number of hydrogen-bond donors (Lipinski definition) is 0. The number of piperidine rings is 1. The molecule has 2 fully saturated rings. The van der Waals surface area contributed by atoms with Gasteiger partial charge in [-0.05, 0) is 48.4 Å². The van der Waals surface area contributed by atoms with Gasteiger partial charge in [0.05, 0.1) is 5.75 Å². The molecule has 5 nitrogen and oxygen atoms in total. The zero-order valence-corrected chi connectivity index (χ0v) is 19.5. The molecule has 2 heterocycles. The molecule has 1 saturated carbocycles. The molecule has 0 unspecified atom stereocenters. The molecule has 1 aliphatic heterocycles. The van der Waals surface area contributed by atoms with E-state index in [0.717, 1.165) is 43.3 Å². The van der Waals surface area contributed by atoms with Crippen LogP contribution < -0.4 is 0 Å². The van der Waals surface area contributed by atoms with Gasteiger partial charge in [-0.25, -0.2) is 0 Å². The molecule has 0 bridgehead atoms. The maximum Gasteiger partial charge on any atom is 0.233 e. The van der Waals surface area contributed by atoms with Crippen LogP contribution in [0.2, 0.25) is 0 Å². The Hall–Kier alpha value is -2.34. The lowest BCUT2D eigenvalue weighted by Gasteiger charge is -2.27. The van der Waals surface area contributed by atoms with Crippen molar-refractivity contribution < 1.29 is 4.79 Å². The van der Waals surface area contributed by atoms with Crippen molar-refractivity contribution in [1.29, 1.82) is 0 Å². The van der Waals surface area contributed by atoms with Gasteiger partial charge in [0, 0.05) is 25.6 Å². The van der Waals surface area contributed by atoms with E-state index in [-0.39, 0.29) is 5.91 Å². The molecule has 2 aromatic carbocycles. The predicted molar refractivity (Wildman–Crippen MR) is 130 cm³/mol. The molecule has 0 spiro atoms. The molecule has 1 aromatic heterocycles. The Kier molecular flexibility index (Phi) is 6.77. The lowest BCUT2D eigenvalue weighted by atomic mass is 9.95. The number of thioether (sulfide) groups is 1. The Bertz CT molecular complexity index is 1060. The highest BCUT2D eigenvalue weighted by Crippen LogP contribution is 2.34. The number of nitrogens with zero attached hydrogens (tertiary/aromatic N) is 4. The fourth-order valence-corrected chi connectivity index (χ4v) is 6.14. The minimum absolute atomic E-state index is 0.239. The fraction of sp³-hybridized carbons (Fsp3) is 0.500. The number of aromatic nitrogens is 3. The smallest absolute Gasteiger partial charge is 0.233 e. The third-order valence-corrected chi connectivity index (χ3v) is 7.86. The molecular weight excluding hydrogens is 416 g/mol. The Balaban J connectivity index is 1.39. The first kappa shape index (κ1) is 21.5. The molecular formula is C26H32N4OS. The SMILES string of the molecule is O=C(CSc1nnc(Cc2cccc3ccccc23)n1C1CCCCC1)N1CCCCC1. The van der Waals surface area contributed by atoms with Crippen LogP contribution in [-0.4, -0.2) is 44.4 Å². The van der Waals surface area contributed by atoms with Gasteiger partial charge in [0.1, 0.15) is 5.82 Å². The molecule has 0 N–H and O–H groups in total. The van der Waals surface area contributed by atoms with Gasteiger partial charge in [-0.1, -0.05) is 73.5 Å². The van der Waals surface area contributed by atoms with E-state index < -0.39 is 0 Å². The lowest BCUT2D eigenvalue weighted by molar-refractivity contribution is -0.129. The van der Waals surface area contributed by atoms with Gasteiger partial charge in [0.15, 0.2) is 5.16 Å². The molecule has 168 valence electrons. The van der Waals surface area contributed by atoms with Gasteiger partial charge in [-0.2, -0.15) is 0 Å². The van der Waals surface area contributed by atoms with Crippen molar-refractivity contribution in [1.82, 2.24) is 19.7 Å². The molecule has 1 saturated heterocycles. The van der Waals surface area contributed by atoms with Gasteiger partial charge >= 0.3 is 0 Å². The van der Waals surface area contributed by atoms with Crippen molar-refractivity contribution in [3.63, 3.8) is 0 Å². The zero-order valence-electron chi connectivity index (χ0n) is 18.7. The van der Waals surface area contributed by atoms with Crippen LogP contribution in [0.15, 0.2) is 47.6 Å². The summed E-state index contributed by atoms with van der Waals surface area (Å²) in [7, 11) is 0. The van der Waals surface area contributed by atoms with Gasteiger partial charge in [-0.15, -0.1) is 10.2 Å². The Morgan fingerprint density at radius 2 is 1.66 bits per heavy atom. The van der Waals surface area contributed by atoms with Crippen molar-refractivity contribution in [2.24, 2.45) is 0 Å². The predicted octanol–water partition coefficient (Wildman–Crippen LogP) is 5.63. The number of amides is 1. The van der Waals surface area contributed by atoms with Gasteiger partial charge < -0.3 is 9.47 Å². The van der Waals surface area contributed by atoms with Gasteiger partial charge in [-0.3, -0.25) is 4.79 Å². The normalized spacial score (nSPS) is 17.7. The Morgan fingerprint density at radius 3 is 2.50 bits per heavy atom. The van der Waals surface area contributed by atoms with Crippen molar-refractivity contribution >= 4 is 28.4 Å². The second-order valence-corrected chi connectivity index (χ2v) is 10.0. The second kappa shape index (κ2) is 10.1. The molecule has 3 aromatic rings. The van der Waals surface area contributed by atoms with Crippen LogP contribution in [0.25, 0.3) is 10.8 Å². The summed E-state index contributed by atoms with van der Waals surface area (Å²) >= 11 is 1.58. The zero-order chi connectivity index (χ0) is 21.8. The standard InChI is InChI=1S/C26H32N4OS/c31-25(29-16-7-2-8-17-29)19-32-26-28-27-24(30(26)22-13-3-1-4-14-22)18-21-12-9-11-20-10-5-6-15-23(20)21/h5-6,9-12,15,22H,1-4,7-8,13-14,16-19H2. The number of rotatable bonds is 6. The molecule has 1 aliphatic carbocycles. The van der Waals surface area contributed by atoms with Gasteiger partial charge in [0.2, 0.25) is 5.91 Å². The highest BCUT2D eigenvalue weighted by molar-refractivity contribution is 7.99.